The summed E-state index contributed by atoms with van der Waals surface area (Å²) in [6.07, 6.45) is 1.30. The van der Waals surface area contributed by atoms with Crippen LogP contribution in [0.5, 0.6) is 0 Å². The molecular formula is C26H20F3N5O3. The molecule has 0 saturated carbocycles. The van der Waals surface area contributed by atoms with E-state index in [-0.39, 0.29) is 17.4 Å². The number of rotatable bonds is 5. The lowest BCUT2D eigenvalue weighted by Gasteiger charge is -2.22. The van der Waals surface area contributed by atoms with Gasteiger partial charge in [0.15, 0.2) is 11.6 Å². The third kappa shape index (κ3) is 5.27. The number of hydrogen-bond acceptors (Lipinski definition) is 6. The molecule has 3 aromatic carbocycles. The molecule has 0 aliphatic carbocycles. The average Bonchev–Trinajstić information content (AvgIpc) is 2.91. The van der Waals surface area contributed by atoms with Gasteiger partial charge in [0.05, 0.1) is 40.8 Å². The summed E-state index contributed by atoms with van der Waals surface area (Å²) in [6, 6.07) is 10.3. The number of ether oxygens (including phenoxy) is 1. The molecule has 0 radical (unpaired) electrons. The SMILES string of the molecule is O=C(Nc1ccc(F)cc1)Nc1ccc(F)c(C(=O)c2ccc3nc(C4CNCCO4)cnc3c2)c1F. The van der Waals surface area contributed by atoms with Gasteiger partial charge < -0.3 is 20.7 Å². The van der Waals surface area contributed by atoms with Crippen LogP contribution < -0.4 is 16.0 Å². The van der Waals surface area contributed by atoms with Gasteiger partial charge in [0.1, 0.15) is 17.7 Å². The second-order valence-electron chi connectivity index (χ2n) is 8.26. The van der Waals surface area contributed by atoms with E-state index >= 15 is 4.39 Å². The van der Waals surface area contributed by atoms with Crippen LogP contribution in [0.2, 0.25) is 0 Å². The van der Waals surface area contributed by atoms with Crippen molar-refractivity contribution in [3.8, 4) is 0 Å². The van der Waals surface area contributed by atoms with Gasteiger partial charge in [0, 0.05) is 24.3 Å². The first kappa shape index (κ1) is 24.3. The molecule has 2 amide bonds. The Morgan fingerprint density at radius 3 is 2.54 bits per heavy atom. The Kier molecular flexibility index (Phi) is 6.80. The number of morpholine rings is 1. The summed E-state index contributed by atoms with van der Waals surface area (Å²) in [5, 5.41) is 7.85. The number of halogens is 3. The summed E-state index contributed by atoms with van der Waals surface area (Å²) in [5.74, 6) is -3.74. The summed E-state index contributed by atoms with van der Waals surface area (Å²) in [5.41, 5.74) is 0.513. The summed E-state index contributed by atoms with van der Waals surface area (Å²) < 4.78 is 48.5. The highest BCUT2D eigenvalue weighted by atomic mass is 19.1. The van der Waals surface area contributed by atoms with E-state index in [0.717, 1.165) is 30.8 Å². The Hall–Kier alpha value is -4.35. The van der Waals surface area contributed by atoms with E-state index in [1.54, 1.807) is 12.3 Å². The van der Waals surface area contributed by atoms with Gasteiger partial charge in [-0.3, -0.25) is 9.78 Å². The maximum absolute atomic E-state index is 15.2. The zero-order chi connectivity index (χ0) is 25.9. The molecule has 1 saturated heterocycles. The molecule has 1 aromatic heterocycles. The minimum atomic E-state index is -1.23. The maximum atomic E-state index is 15.2. The summed E-state index contributed by atoms with van der Waals surface area (Å²) in [4.78, 5) is 34.2. The number of nitrogens with one attached hydrogen (secondary N) is 3. The van der Waals surface area contributed by atoms with Crippen LogP contribution in [0.15, 0.2) is 60.8 Å². The molecule has 8 nitrogen and oxygen atoms in total. The topological polar surface area (TPSA) is 105 Å². The lowest BCUT2D eigenvalue weighted by Crippen LogP contribution is -2.33. The first-order valence-electron chi connectivity index (χ1n) is 11.3. The van der Waals surface area contributed by atoms with Gasteiger partial charge in [-0.1, -0.05) is 0 Å². The van der Waals surface area contributed by atoms with Crippen molar-refractivity contribution < 1.29 is 27.5 Å². The molecule has 4 aromatic rings. The van der Waals surface area contributed by atoms with Gasteiger partial charge in [-0.05, 0) is 54.6 Å². The quantitative estimate of drug-likeness (QED) is 0.342. The summed E-state index contributed by atoms with van der Waals surface area (Å²) >= 11 is 0. The fourth-order valence-electron chi connectivity index (χ4n) is 3.90. The second-order valence-corrected chi connectivity index (χ2v) is 8.26. The predicted molar refractivity (Wildman–Crippen MR) is 130 cm³/mol. The van der Waals surface area contributed by atoms with Crippen molar-refractivity contribution in [1.29, 1.82) is 0 Å². The van der Waals surface area contributed by atoms with Gasteiger partial charge >= 0.3 is 6.03 Å². The standard InChI is InChI=1S/C26H20F3N5O3/c27-15-2-4-16(5-3-15)32-26(36)34-19-8-6-17(28)23(24(19)29)25(35)14-1-7-18-20(11-14)31-12-21(33-18)22-13-30-9-10-37-22/h1-8,11-12,22,30H,9-10,13H2,(H2,32,34,36). The number of ketones is 1. The molecule has 1 fully saturated rings. The molecule has 1 unspecified atom stereocenters. The average molecular weight is 507 g/mol. The minimum Gasteiger partial charge on any atom is -0.369 e. The van der Waals surface area contributed by atoms with E-state index in [4.69, 9.17) is 4.74 Å². The molecule has 1 aliphatic heterocycles. The molecule has 1 atom stereocenters. The number of hydrogen-bond donors (Lipinski definition) is 3. The Balaban J connectivity index is 1.37. The number of benzene rings is 3. The van der Waals surface area contributed by atoms with Gasteiger partial charge in [-0.2, -0.15) is 0 Å². The lowest BCUT2D eigenvalue weighted by molar-refractivity contribution is 0.0250. The number of fused-ring (bicyclic) bond motifs is 1. The lowest BCUT2D eigenvalue weighted by atomic mass is 10.0. The Morgan fingerprint density at radius 1 is 0.973 bits per heavy atom. The van der Waals surface area contributed by atoms with Crippen molar-refractivity contribution in [2.24, 2.45) is 0 Å². The molecule has 0 spiro atoms. The van der Waals surface area contributed by atoms with Gasteiger partial charge in [0.2, 0.25) is 0 Å². The fourth-order valence-corrected chi connectivity index (χ4v) is 3.90. The van der Waals surface area contributed by atoms with Gasteiger partial charge in [0.25, 0.3) is 0 Å². The molecule has 188 valence electrons. The molecule has 0 bridgehead atoms. The molecule has 2 heterocycles. The highest BCUT2D eigenvalue weighted by Gasteiger charge is 2.24. The van der Waals surface area contributed by atoms with Crippen molar-refractivity contribution >= 4 is 34.2 Å². The van der Waals surface area contributed by atoms with E-state index in [2.05, 4.69) is 25.9 Å². The van der Waals surface area contributed by atoms with Crippen molar-refractivity contribution in [2.75, 3.05) is 30.3 Å². The minimum absolute atomic E-state index is 0.00385. The Labute approximate surface area is 208 Å². The zero-order valence-corrected chi connectivity index (χ0v) is 19.2. The van der Waals surface area contributed by atoms with Crippen molar-refractivity contribution in [3.63, 3.8) is 0 Å². The first-order valence-corrected chi connectivity index (χ1v) is 11.3. The molecular weight excluding hydrogens is 487 g/mol. The number of carbonyl (C=O) groups excluding carboxylic acids is 2. The van der Waals surface area contributed by atoms with Crippen LogP contribution in [0.3, 0.4) is 0 Å². The van der Waals surface area contributed by atoms with Crippen molar-refractivity contribution in [2.45, 2.75) is 6.10 Å². The summed E-state index contributed by atoms with van der Waals surface area (Å²) in [6.45, 7) is 1.91. The highest BCUT2D eigenvalue weighted by Crippen LogP contribution is 2.26. The third-order valence-corrected chi connectivity index (χ3v) is 5.75. The zero-order valence-electron chi connectivity index (χ0n) is 19.2. The van der Waals surface area contributed by atoms with E-state index in [0.29, 0.717) is 29.9 Å². The monoisotopic (exact) mass is 507 g/mol. The highest BCUT2D eigenvalue weighted by molar-refractivity contribution is 6.11. The largest absolute Gasteiger partial charge is 0.369 e. The van der Waals surface area contributed by atoms with Crippen molar-refractivity contribution in [3.05, 3.63) is 95.1 Å². The van der Waals surface area contributed by atoms with Crippen LogP contribution in [0.25, 0.3) is 11.0 Å². The van der Waals surface area contributed by atoms with E-state index < -0.39 is 40.5 Å². The second kappa shape index (κ2) is 10.3. The summed E-state index contributed by atoms with van der Waals surface area (Å²) in [7, 11) is 0. The predicted octanol–water partition coefficient (Wildman–Crippen LogP) is 4.58. The maximum Gasteiger partial charge on any atom is 0.323 e. The van der Waals surface area contributed by atoms with Crippen LogP contribution in [0.1, 0.15) is 27.7 Å². The number of anilines is 2. The number of aromatic nitrogens is 2. The number of urea groups is 1. The molecule has 3 N–H and O–H groups in total. The Bertz CT molecular complexity index is 1490. The smallest absolute Gasteiger partial charge is 0.323 e. The molecule has 37 heavy (non-hydrogen) atoms. The van der Waals surface area contributed by atoms with Gasteiger partial charge in [-0.25, -0.2) is 22.9 Å². The van der Waals surface area contributed by atoms with Crippen LogP contribution >= 0.6 is 0 Å². The van der Waals surface area contributed by atoms with E-state index in [9.17, 15) is 18.4 Å². The number of amides is 2. The van der Waals surface area contributed by atoms with Crippen LogP contribution in [0.4, 0.5) is 29.3 Å². The van der Waals surface area contributed by atoms with Gasteiger partial charge in [-0.15, -0.1) is 0 Å². The van der Waals surface area contributed by atoms with Crippen LogP contribution in [-0.2, 0) is 4.74 Å². The molecule has 11 heteroatoms. The fraction of sp³-hybridized carbons (Fsp3) is 0.154. The third-order valence-electron chi connectivity index (χ3n) is 5.75. The first-order chi connectivity index (χ1) is 17.9. The van der Waals surface area contributed by atoms with Crippen molar-refractivity contribution in [1.82, 2.24) is 15.3 Å². The number of nitrogens with zero attached hydrogens (tertiary/aromatic N) is 2. The Morgan fingerprint density at radius 2 is 1.78 bits per heavy atom. The normalized spacial score (nSPS) is 15.4. The van der Waals surface area contributed by atoms with Crippen LogP contribution in [0, 0.1) is 17.5 Å². The van der Waals surface area contributed by atoms with E-state index in [1.807, 2.05) is 0 Å². The molecule has 5 rings (SSSR count). The van der Waals surface area contributed by atoms with Crippen LogP contribution in [-0.4, -0.2) is 41.5 Å². The van der Waals surface area contributed by atoms with E-state index in [1.165, 1.54) is 24.3 Å². The number of carbonyl (C=O) groups is 2. The molecule has 1 aliphatic rings.